The summed E-state index contributed by atoms with van der Waals surface area (Å²) in [7, 11) is 0. The highest BCUT2D eigenvalue weighted by Crippen LogP contribution is 2.04. The van der Waals surface area contributed by atoms with E-state index in [0.717, 1.165) is 0 Å². The molecular weight excluding hydrogens is 180 g/mol. The highest BCUT2D eigenvalue weighted by molar-refractivity contribution is 6.09. The van der Waals surface area contributed by atoms with Gasteiger partial charge >= 0.3 is 0 Å². The zero-order chi connectivity index (χ0) is 10.6. The molecule has 0 spiro atoms. The Morgan fingerprint density at radius 1 is 1.29 bits per heavy atom. The highest BCUT2D eigenvalue weighted by atomic mass is 16.2. The Hall–Kier alpha value is -1.68. The van der Waals surface area contributed by atoms with E-state index in [9.17, 15) is 9.59 Å². The second-order valence-corrected chi connectivity index (χ2v) is 2.94. The summed E-state index contributed by atoms with van der Waals surface area (Å²) in [6, 6.07) is 7.77. The van der Waals surface area contributed by atoms with Crippen molar-refractivity contribution in [2.45, 2.75) is 13.0 Å². The lowest BCUT2D eigenvalue weighted by atomic mass is 10.2. The van der Waals surface area contributed by atoms with Gasteiger partial charge in [0.15, 0.2) is 5.78 Å². The van der Waals surface area contributed by atoms with Crippen molar-refractivity contribution in [3.8, 4) is 0 Å². The van der Waals surface area contributed by atoms with Crippen LogP contribution in [-0.4, -0.2) is 17.7 Å². The van der Waals surface area contributed by atoms with E-state index in [1.807, 2.05) is 6.07 Å². The van der Waals surface area contributed by atoms with E-state index >= 15 is 0 Å². The molecule has 1 atom stereocenters. The molecule has 0 aliphatic carbocycles. The quantitative estimate of drug-likeness (QED) is 0.686. The van der Waals surface area contributed by atoms with Crippen molar-refractivity contribution in [3.05, 3.63) is 30.3 Å². The molecule has 1 aromatic carbocycles. The van der Waals surface area contributed by atoms with Crippen molar-refractivity contribution < 1.29 is 9.59 Å². The van der Waals surface area contributed by atoms with Crippen molar-refractivity contribution in [1.29, 1.82) is 0 Å². The van der Waals surface area contributed by atoms with Gasteiger partial charge in [-0.25, -0.2) is 0 Å². The number of anilines is 1. The van der Waals surface area contributed by atoms with Gasteiger partial charge in [-0.3, -0.25) is 9.59 Å². The number of amides is 1. The molecule has 0 heterocycles. The minimum absolute atomic E-state index is 0.349. The van der Waals surface area contributed by atoms with Crippen molar-refractivity contribution in [3.63, 3.8) is 0 Å². The largest absolute Gasteiger partial charge is 0.324 e. The monoisotopic (exact) mass is 192 g/mol. The number of hydrogen-bond donors (Lipinski definition) is 2. The number of carbonyl (C=O) groups is 2. The maximum Gasteiger partial charge on any atom is 0.248 e. The molecule has 0 radical (unpaired) electrons. The van der Waals surface area contributed by atoms with Gasteiger partial charge < -0.3 is 11.1 Å². The Labute approximate surface area is 82.1 Å². The van der Waals surface area contributed by atoms with Gasteiger partial charge in [-0.2, -0.15) is 0 Å². The van der Waals surface area contributed by atoms with Gasteiger partial charge in [0, 0.05) is 5.69 Å². The van der Waals surface area contributed by atoms with Crippen LogP contribution < -0.4 is 11.1 Å². The molecule has 0 aliphatic heterocycles. The van der Waals surface area contributed by atoms with E-state index in [4.69, 9.17) is 5.73 Å². The number of benzene rings is 1. The predicted octanol–water partition coefficient (Wildman–Crippen LogP) is 0.541. The van der Waals surface area contributed by atoms with Crippen molar-refractivity contribution >= 4 is 17.4 Å². The van der Waals surface area contributed by atoms with Gasteiger partial charge in [0.05, 0.1) is 0 Å². The molecule has 0 aromatic heterocycles. The first-order chi connectivity index (χ1) is 6.61. The van der Waals surface area contributed by atoms with Crippen LogP contribution in [0, 0.1) is 0 Å². The number of carbonyl (C=O) groups excluding carboxylic acids is 2. The summed E-state index contributed by atoms with van der Waals surface area (Å²) in [5, 5.41) is 2.54. The molecule has 74 valence electrons. The van der Waals surface area contributed by atoms with Crippen LogP contribution in [-0.2, 0) is 9.59 Å². The second-order valence-electron chi connectivity index (χ2n) is 2.94. The van der Waals surface area contributed by atoms with Crippen LogP contribution in [0.3, 0.4) is 0 Å². The van der Waals surface area contributed by atoms with Gasteiger partial charge in [0.2, 0.25) is 5.91 Å². The summed E-state index contributed by atoms with van der Waals surface area (Å²) in [4.78, 5) is 22.1. The Bertz CT molecular complexity index is 335. The first-order valence-corrected chi connectivity index (χ1v) is 4.23. The van der Waals surface area contributed by atoms with E-state index in [2.05, 4.69) is 5.32 Å². The molecule has 1 aromatic rings. The van der Waals surface area contributed by atoms with Gasteiger partial charge in [-0.15, -0.1) is 0 Å². The molecule has 1 amide bonds. The number of para-hydroxylation sites is 1. The Kier molecular flexibility index (Phi) is 3.36. The maximum atomic E-state index is 11.3. The molecule has 4 nitrogen and oxygen atoms in total. The molecule has 4 heteroatoms. The predicted molar refractivity (Wildman–Crippen MR) is 53.7 cm³/mol. The SMILES string of the molecule is CC(=O)C(N)C(=O)Nc1ccccc1. The summed E-state index contributed by atoms with van der Waals surface area (Å²) < 4.78 is 0. The zero-order valence-electron chi connectivity index (χ0n) is 7.86. The van der Waals surface area contributed by atoms with Gasteiger partial charge in [0.1, 0.15) is 6.04 Å². The van der Waals surface area contributed by atoms with E-state index in [1.165, 1.54) is 6.92 Å². The molecule has 14 heavy (non-hydrogen) atoms. The standard InChI is InChI=1S/C10H12N2O2/c1-7(13)9(11)10(14)12-8-5-3-2-4-6-8/h2-6,9H,11H2,1H3,(H,12,14). The Morgan fingerprint density at radius 3 is 2.36 bits per heavy atom. The lowest BCUT2D eigenvalue weighted by Gasteiger charge is -2.08. The fourth-order valence-electron chi connectivity index (χ4n) is 0.926. The molecule has 0 saturated heterocycles. The third-order valence-electron chi connectivity index (χ3n) is 1.76. The van der Waals surface area contributed by atoms with Crippen molar-refractivity contribution in [2.75, 3.05) is 5.32 Å². The van der Waals surface area contributed by atoms with Crippen LogP contribution in [0.15, 0.2) is 30.3 Å². The van der Waals surface area contributed by atoms with Crippen LogP contribution in [0.1, 0.15) is 6.92 Å². The average Bonchev–Trinajstić information content (AvgIpc) is 2.18. The first kappa shape index (κ1) is 10.4. The molecule has 0 bridgehead atoms. The maximum absolute atomic E-state index is 11.3. The summed E-state index contributed by atoms with van der Waals surface area (Å²) in [5.74, 6) is -0.831. The number of nitrogens with one attached hydrogen (secondary N) is 1. The van der Waals surface area contributed by atoms with Crippen LogP contribution in [0.4, 0.5) is 5.69 Å². The Balaban J connectivity index is 2.62. The number of ketones is 1. The van der Waals surface area contributed by atoms with Gasteiger partial charge in [0.25, 0.3) is 0 Å². The molecular formula is C10H12N2O2. The smallest absolute Gasteiger partial charge is 0.248 e. The van der Waals surface area contributed by atoms with Crippen LogP contribution in [0.2, 0.25) is 0 Å². The average molecular weight is 192 g/mol. The third kappa shape index (κ3) is 2.67. The van der Waals surface area contributed by atoms with Crippen LogP contribution in [0.5, 0.6) is 0 Å². The number of hydrogen-bond acceptors (Lipinski definition) is 3. The summed E-state index contributed by atoms with van der Waals surface area (Å²) in [6.07, 6.45) is 0. The third-order valence-corrected chi connectivity index (χ3v) is 1.76. The molecule has 1 rings (SSSR count). The van der Waals surface area contributed by atoms with Gasteiger partial charge in [-0.05, 0) is 19.1 Å². The molecule has 0 aliphatic rings. The minimum atomic E-state index is -1.09. The van der Waals surface area contributed by atoms with E-state index in [0.29, 0.717) is 5.69 Å². The topological polar surface area (TPSA) is 72.2 Å². The number of nitrogens with two attached hydrogens (primary N) is 1. The van der Waals surface area contributed by atoms with Crippen LogP contribution >= 0.6 is 0 Å². The summed E-state index contributed by atoms with van der Waals surface area (Å²) in [6.45, 7) is 1.29. The molecule has 0 saturated carbocycles. The van der Waals surface area contributed by atoms with Crippen LogP contribution in [0.25, 0.3) is 0 Å². The molecule has 3 N–H and O–H groups in total. The lowest BCUT2D eigenvalue weighted by Crippen LogP contribution is -2.41. The molecule has 1 unspecified atom stereocenters. The van der Waals surface area contributed by atoms with Crippen molar-refractivity contribution in [1.82, 2.24) is 0 Å². The van der Waals surface area contributed by atoms with E-state index < -0.39 is 11.9 Å². The van der Waals surface area contributed by atoms with E-state index in [1.54, 1.807) is 24.3 Å². The highest BCUT2D eigenvalue weighted by Gasteiger charge is 2.17. The fourth-order valence-corrected chi connectivity index (χ4v) is 0.926. The Morgan fingerprint density at radius 2 is 1.86 bits per heavy atom. The minimum Gasteiger partial charge on any atom is -0.324 e. The number of Topliss-reactive ketones (excluding diaryl/α,β-unsaturated/α-hetero) is 1. The lowest BCUT2D eigenvalue weighted by molar-refractivity contribution is -0.126. The molecule has 0 fully saturated rings. The first-order valence-electron chi connectivity index (χ1n) is 4.23. The van der Waals surface area contributed by atoms with Crippen molar-refractivity contribution in [2.24, 2.45) is 5.73 Å². The fraction of sp³-hybridized carbons (Fsp3) is 0.200. The van der Waals surface area contributed by atoms with E-state index in [-0.39, 0.29) is 5.78 Å². The number of rotatable bonds is 3. The zero-order valence-corrected chi connectivity index (χ0v) is 7.86. The van der Waals surface area contributed by atoms with Gasteiger partial charge in [-0.1, -0.05) is 18.2 Å². The normalized spacial score (nSPS) is 11.9. The second kappa shape index (κ2) is 4.53. The summed E-state index contributed by atoms with van der Waals surface area (Å²) in [5.41, 5.74) is 5.98. The summed E-state index contributed by atoms with van der Waals surface area (Å²) >= 11 is 0.